The fourth-order valence-electron chi connectivity index (χ4n) is 2.64. The van der Waals surface area contributed by atoms with Crippen molar-refractivity contribution in [3.8, 4) is 5.75 Å². The summed E-state index contributed by atoms with van der Waals surface area (Å²) >= 11 is 5.83. The third kappa shape index (κ3) is 8.40. The van der Waals surface area contributed by atoms with Crippen LogP contribution >= 0.6 is 11.6 Å². The summed E-state index contributed by atoms with van der Waals surface area (Å²) in [5.41, 5.74) is 0.253. The first-order chi connectivity index (χ1) is 15.6. The molecular formula is C24H29ClN2O6. The molecule has 0 spiro atoms. The minimum Gasteiger partial charge on any atom is -0.476 e. The summed E-state index contributed by atoms with van der Waals surface area (Å²) in [6.45, 7) is 4.73. The molecule has 0 aliphatic carbocycles. The highest BCUT2D eigenvalue weighted by atomic mass is 35.5. The monoisotopic (exact) mass is 476 g/mol. The summed E-state index contributed by atoms with van der Waals surface area (Å²) in [7, 11) is 1.62. The van der Waals surface area contributed by atoms with Gasteiger partial charge < -0.3 is 24.8 Å². The number of carbonyl (C=O) groups excluding carboxylic acids is 3. The van der Waals surface area contributed by atoms with E-state index in [1.807, 2.05) is 12.1 Å². The van der Waals surface area contributed by atoms with Crippen molar-refractivity contribution in [3.05, 3.63) is 64.7 Å². The lowest BCUT2D eigenvalue weighted by Crippen LogP contribution is -2.40. The van der Waals surface area contributed by atoms with E-state index < -0.39 is 30.4 Å². The zero-order valence-electron chi connectivity index (χ0n) is 19.1. The Labute approximate surface area is 198 Å². The van der Waals surface area contributed by atoms with Crippen LogP contribution in [0.25, 0.3) is 0 Å². The van der Waals surface area contributed by atoms with Crippen molar-refractivity contribution in [1.29, 1.82) is 0 Å². The van der Waals surface area contributed by atoms with E-state index in [-0.39, 0.29) is 5.91 Å². The van der Waals surface area contributed by atoms with Crippen LogP contribution < -0.4 is 15.4 Å². The molecule has 0 unspecified atom stereocenters. The molecule has 0 aliphatic heterocycles. The van der Waals surface area contributed by atoms with Gasteiger partial charge >= 0.3 is 11.9 Å². The second-order valence-electron chi connectivity index (χ2n) is 7.79. The standard InChI is InChI=1S/C24H29ClN2O6/c1-16(26-4)22(29)31-15-32-23(30)24(2,3)33-20-11-5-17(6-12-20)13-14-27-21(28)18-7-9-19(25)10-8-18/h5-12,16,26H,13-15H2,1-4H3,(H,27,28)/t16-/m0/s1. The Morgan fingerprint density at radius 1 is 1.00 bits per heavy atom. The van der Waals surface area contributed by atoms with Crippen molar-refractivity contribution in [2.24, 2.45) is 0 Å². The van der Waals surface area contributed by atoms with Gasteiger partial charge in [0.2, 0.25) is 6.79 Å². The second-order valence-corrected chi connectivity index (χ2v) is 8.23. The predicted octanol–water partition coefficient (Wildman–Crippen LogP) is 3.12. The fraction of sp³-hybridized carbons (Fsp3) is 0.375. The van der Waals surface area contributed by atoms with Crippen molar-refractivity contribution < 1.29 is 28.6 Å². The van der Waals surface area contributed by atoms with Gasteiger partial charge in [0.15, 0.2) is 5.60 Å². The van der Waals surface area contributed by atoms with Crippen LogP contribution in [0.15, 0.2) is 48.5 Å². The molecule has 1 atom stereocenters. The number of nitrogens with one attached hydrogen (secondary N) is 2. The van der Waals surface area contributed by atoms with E-state index in [9.17, 15) is 14.4 Å². The van der Waals surface area contributed by atoms with Crippen molar-refractivity contribution in [2.75, 3.05) is 20.4 Å². The first-order valence-electron chi connectivity index (χ1n) is 10.4. The summed E-state index contributed by atoms with van der Waals surface area (Å²) in [6, 6.07) is 13.4. The molecule has 2 aromatic rings. The highest BCUT2D eigenvalue weighted by molar-refractivity contribution is 6.30. The Morgan fingerprint density at radius 3 is 2.24 bits per heavy atom. The molecule has 0 radical (unpaired) electrons. The van der Waals surface area contributed by atoms with Crippen molar-refractivity contribution in [2.45, 2.75) is 38.8 Å². The van der Waals surface area contributed by atoms with E-state index in [2.05, 4.69) is 10.6 Å². The Morgan fingerprint density at radius 2 is 1.64 bits per heavy atom. The van der Waals surface area contributed by atoms with E-state index in [1.165, 1.54) is 0 Å². The van der Waals surface area contributed by atoms with Crippen LogP contribution in [0, 0.1) is 0 Å². The van der Waals surface area contributed by atoms with Gasteiger partial charge in [0, 0.05) is 17.1 Å². The largest absolute Gasteiger partial charge is 0.476 e. The summed E-state index contributed by atoms with van der Waals surface area (Å²) in [5, 5.41) is 6.17. The molecular weight excluding hydrogens is 448 g/mol. The van der Waals surface area contributed by atoms with Gasteiger partial charge in [-0.3, -0.25) is 9.59 Å². The Balaban J connectivity index is 1.78. The summed E-state index contributed by atoms with van der Waals surface area (Å²) in [5.74, 6) is -0.880. The molecule has 0 saturated heterocycles. The first-order valence-corrected chi connectivity index (χ1v) is 10.8. The molecule has 178 valence electrons. The molecule has 33 heavy (non-hydrogen) atoms. The van der Waals surface area contributed by atoms with E-state index in [4.69, 9.17) is 25.8 Å². The smallest absolute Gasteiger partial charge is 0.352 e. The summed E-state index contributed by atoms with van der Waals surface area (Å²) < 4.78 is 15.6. The molecule has 8 nitrogen and oxygen atoms in total. The molecule has 2 N–H and O–H groups in total. The molecule has 0 aliphatic rings. The van der Waals surface area contributed by atoms with E-state index in [1.54, 1.807) is 64.2 Å². The van der Waals surface area contributed by atoms with Gasteiger partial charge in [0.1, 0.15) is 11.8 Å². The normalized spacial score (nSPS) is 11.9. The average Bonchev–Trinajstić information content (AvgIpc) is 2.79. The maximum Gasteiger partial charge on any atom is 0.352 e. The predicted molar refractivity (Wildman–Crippen MR) is 124 cm³/mol. The third-order valence-electron chi connectivity index (χ3n) is 4.77. The molecule has 0 saturated carbocycles. The Hall–Kier alpha value is -3.10. The van der Waals surface area contributed by atoms with Crippen LogP contribution in [0.4, 0.5) is 0 Å². The highest BCUT2D eigenvalue weighted by Crippen LogP contribution is 2.20. The van der Waals surface area contributed by atoms with Crippen LogP contribution in [-0.4, -0.2) is 49.9 Å². The van der Waals surface area contributed by atoms with Crippen LogP contribution in [0.2, 0.25) is 5.02 Å². The first kappa shape index (κ1) is 26.2. The fourth-order valence-corrected chi connectivity index (χ4v) is 2.77. The number of rotatable bonds is 11. The zero-order valence-corrected chi connectivity index (χ0v) is 19.9. The Bertz CT molecular complexity index is 944. The highest BCUT2D eigenvalue weighted by Gasteiger charge is 2.32. The van der Waals surface area contributed by atoms with Crippen molar-refractivity contribution in [1.82, 2.24) is 10.6 Å². The van der Waals surface area contributed by atoms with E-state index >= 15 is 0 Å². The van der Waals surface area contributed by atoms with Crippen LogP contribution in [0.3, 0.4) is 0 Å². The number of carbonyl (C=O) groups is 3. The zero-order chi connectivity index (χ0) is 24.4. The molecule has 2 aromatic carbocycles. The molecule has 0 bridgehead atoms. The average molecular weight is 477 g/mol. The molecule has 9 heteroatoms. The molecule has 0 fully saturated rings. The molecule has 0 aromatic heterocycles. The minimum absolute atomic E-state index is 0.169. The molecule has 0 heterocycles. The third-order valence-corrected chi connectivity index (χ3v) is 5.02. The van der Waals surface area contributed by atoms with Crippen LogP contribution in [-0.2, 0) is 25.5 Å². The van der Waals surface area contributed by atoms with Gasteiger partial charge in [-0.15, -0.1) is 0 Å². The van der Waals surface area contributed by atoms with Crippen LogP contribution in [0.5, 0.6) is 5.75 Å². The second kappa shape index (κ2) is 12.2. The van der Waals surface area contributed by atoms with Gasteiger partial charge in [0.25, 0.3) is 5.91 Å². The number of amides is 1. The van der Waals surface area contributed by atoms with Gasteiger partial charge in [-0.2, -0.15) is 0 Å². The number of esters is 2. The van der Waals surface area contributed by atoms with Crippen LogP contribution in [0.1, 0.15) is 36.7 Å². The molecule has 2 rings (SSSR count). The summed E-state index contributed by atoms with van der Waals surface area (Å²) in [4.78, 5) is 36.0. The van der Waals surface area contributed by atoms with Gasteiger partial charge in [-0.25, -0.2) is 4.79 Å². The lowest BCUT2D eigenvalue weighted by Gasteiger charge is -2.24. The van der Waals surface area contributed by atoms with E-state index in [0.29, 0.717) is 29.3 Å². The number of hydrogen-bond donors (Lipinski definition) is 2. The lowest BCUT2D eigenvalue weighted by molar-refractivity contribution is -0.178. The number of benzene rings is 2. The maximum atomic E-state index is 12.3. The SMILES string of the molecule is CN[C@@H](C)C(=O)OCOC(=O)C(C)(C)Oc1ccc(CCNC(=O)c2ccc(Cl)cc2)cc1. The van der Waals surface area contributed by atoms with E-state index in [0.717, 1.165) is 5.56 Å². The Kier molecular flexibility index (Phi) is 9.69. The number of hydrogen-bond acceptors (Lipinski definition) is 7. The quantitative estimate of drug-likeness (QED) is 0.379. The topological polar surface area (TPSA) is 103 Å². The maximum absolute atomic E-state index is 12.3. The lowest BCUT2D eigenvalue weighted by atomic mass is 10.1. The number of halogens is 1. The number of ether oxygens (including phenoxy) is 3. The van der Waals surface area contributed by atoms with Gasteiger partial charge in [-0.05, 0) is 76.2 Å². The number of likely N-dealkylation sites (N-methyl/N-ethyl adjacent to an activating group) is 1. The van der Waals surface area contributed by atoms with Crippen molar-refractivity contribution >= 4 is 29.4 Å². The van der Waals surface area contributed by atoms with Crippen molar-refractivity contribution in [3.63, 3.8) is 0 Å². The minimum atomic E-state index is -1.28. The van der Waals surface area contributed by atoms with Gasteiger partial charge in [-0.1, -0.05) is 23.7 Å². The molecule has 1 amide bonds. The van der Waals surface area contributed by atoms with Gasteiger partial charge in [0.05, 0.1) is 0 Å². The summed E-state index contributed by atoms with van der Waals surface area (Å²) in [6.07, 6.45) is 0.626.